The Bertz CT molecular complexity index is 223. The highest BCUT2D eigenvalue weighted by molar-refractivity contribution is 4.91. The second-order valence-corrected chi connectivity index (χ2v) is 5.67. The number of hydrogen-bond acceptors (Lipinski definition) is 3. The molecule has 0 aromatic rings. The minimum Gasteiger partial charge on any atom is -0.379 e. The fourth-order valence-electron chi connectivity index (χ4n) is 1.18. The van der Waals surface area contributed by atoms with Gasteiger partial charge in [-0.2, -0.15) is 5.26 Å². The molecular formula is C13H25NO2. The summed E-state index contributed by atoms with van der Waals surface area (Å²) >= 11 is 0. The van der Waals surface area contributed by atoms with Gasteiger partial charge in [0.15, 0.2) is 0 Å². The van der Waals surface area contributed by atoms with Crippen molar-refractivity contribution in [2.75, 3.05) is 19.8 Å². The molecule has 0 heterocycles. The average molecular weight is 227 g/mol. The van der Waals surface area contributed by atoms with E-state index in [0.717, 1.165) is 12.8 Å². The third kappa shape index (κ3) is 9.95. The van der Waals surface area contributed by atoms with Crippen LogP contribution in [0.5, 0.6) is 0 Å². The van der Waals surface area contributed by atoms with E-state index in [1.54, 1.807) is 0 Å². The van der Waals surface area contributed by atoms with Crippen LogP contribution in [0, 0.1) is 16.7 Å². The molecule has 3 heteroatoms. The first kappa shape index (κ1) is 15.4. The van der Waals surface area contributed by atoms with Crippen LogP contribution < -0.4 is 0 Å². The summed E-state index contributed by atoms with van der Waals surface area (Å²) in [6.45, 7) is 12.0. The molecule has 0 unspecified atom stereocenters. The Labute approximate surface area is 99.7 Å². The van der Waals surface area contributed by atoms with Crippen LogP contribution in [0.15, 0.2) is 0 Å². The van der Waals surface area contributed by atoms with Crippen molar-refractivity contribution in [3.05, 3.63) is 0 Å². The van der Waals surface area contributed by atoms with E-state index in [1.807, 2.05) is 34.6 Å². The minimum absolute atomic E-state index is 0.0911. The molecule has 0 fully saturated rings. The molecule has 0 atom stereocenters. The van der Waals surface area contributed by atoms with Crippen LogP contribution in [0.3, 0.4) is 0 Å². The van der Waals surface area contributed by atoms with E-state index in [1.165, 1.54) is 0 Å². The first-order chi connectivity index (χ1) is 7.27. The van der Waals surface area contributed by atoms with Gasteiger partial charge in [-0.15, -0.1) is 0 Å². The van der Waals surface area contributed by atoms with Crippen molar-refractivity contribution in [3.63, 3.8) is 0 Å². The molecule has 0 spiro atoms. The number of rotatable bonds is 7. The van der Waals surface area contributed by atoms with Crippen molar-refractivity contribution in [2.24, 2.45) is 5.41 Å². The largest absolute Gasteiger partial charge is 0.379 e. The van der Waals surface area contributed by atoms with Crippen molar-refractivity contribution in [1.82, 2.24) is 0 Å². The van der Waals surface area contributed by atoms with Gasteiger partial charge in [-0.3, -0.25) is 0 Å². The normalized spacial score (nSPS) is 12.5. The second kappa shape index (κ2) is 6.88. The Morgan fingerprint density at radius 3 is 2.12 bits per heavy atom. The van der Waals surface area contributed by atoms with E-state index in [-0.39, 0.29) is 11.0 Å². The van der Waals surface area contributed by atoms with Crippen LogP contribution in [0.2, 0.25) is 0 Å². The smallest absolute Gasteiger partial charge is 0.0707 e. The highest BCUT2D eigenvalue weighted by Gasteiger charge is 2.15. The molecular weight excluding hydrogens is 202 g/mol. The molecule has 0 aliphatic rings. The van der Waals surface area contributed by atoms with Gasteiger partial charge < -0.3 is 9.47 Å². The molecule has 0 aromatic carbocycles. The monoisotopic (exact) mass is 227 g/mol. The molecule has 3 nitrogen and oxygen atoms in total. The molecule has 0 amide bonds. The highest BCUT2D eigenvalue weighted by Crippen LogP contribution is 2.20. The van der Waals surface area contributed by atoms with Gasteiger partial charge in [0.25, 0.3) is 0 Å². The van der Waals surface area contributed by atoms with Crippen LogP contribution in [-0.2, 0) is 9.47 Å². The van der Waals surface area contributed by atoms with Gasteiger partial charge in [-0.05, 0) is 47.5 Å². The van der Waals surface area contributed by atoms with Crippen LogP contribution in [-0.4, -0.2) is 25.4 Å². The Balaban J connectivity index is 3.33. The summed E-state index contributed by atoms with van der Waals surface area (Å²) in [5, 5.41) is 8.81. The molecule has 0 N–H and O–H groups in total. The fourth-order valence-corrected chi connectivity index (χ4v) is 1.18. The molecule has 0 bridgehead atoms. The Kier molecular flexibility index (Phi) is 6.62. The first-order valence-electron chi connectivity index (χ1n) is 5.90. The van der Waals surface area contributed by atoms with Crippen molar-refractivity contribution < 1.29 is 9.47 Å². The molecule has 0 aliphatic heterocycles. The lowest BCUT2D eigenvalue weighted by Gasteiger charge is -2.19. The topological polar surface area (TPSA) is 42.2 Å². The maximum absolute atomic E-state index is 8.81. The van der Waals surface area contributed by atoms with Gasteiger partial charge in [0.1, 0.15) is 0 Å². The lowest BCUT2D eigenvalue weighted by molar-refractivity contribution is -0.0355. The summed E-state index contributed by atoms with van der Waals surface area (Å²) in [7, 11) is 0. The lowest BCUT2D eigenvalue weighted by Crippen LogP contribution is -2.22. The third-order valence-corrected chi connectivity index (χ3v) is 2.16. The predicted molar refractivity (Wildman–Crippen MR) is 65.2 cm³/mol. The maximum atomic E-state index is 8.81. The molecule has 0 saturated carbocycles. The molecule has 0 rings (SSSR count). The summed E-state index contributed by atoms with van der Waals surface area (Å²) in [6, 6.07) is 2.28. The molecule has 0 aliphatic carbocycles. The van der Waals surface area contributed by atoms with Gasteiger partial charge in [0.05, 0.1) is 30.3 Å². The second-order valence-electron chi connectivity index (χ2n) is 5.67. The summed E-state index contributed by atoms with van der Waals surface area (Å²) in [5.41, 5.74) is -0.322. The SMILES string of the molecule is CC(C)(C#N)CCCOCCOC(C)(C)C. The minimum atomic E-state index is -0.231. The first-order valence-corrected chi connectivity index (χ1v) is 5.90. The summed E-state index contributed by atoms with van der Waals surface area (Å²) in [6.07, 6.45) is 1.81. The molecule has 0 radical (unpaired) electrons. The van der Waals surface area contributed by atoms with Crippen molar-refractivity contribution in [2.45, 2.75) is 53.1 Å². The molecule has 94 valence electrons. The zero-order chi connectivity index (χ0) is 12.7. The van der Waals surface area contributed by atoms with Gasteiger partial charge in [0, 0.05) is 6.61 Å². The van der Waals surface area contributed by atoms with Crippen LogP contribution in [0.1, 0.15) is 47.5 Å². The Hall–Kier alpha value is -0.590. The van der Waals surface area contributed by atoms with E-state index in [9.17, 15) is 0 Å². The van der Waals surface area contributed by atoms with Crippen molar-refractivity contribution in [1.29, 1.82) is 5.26 Å². The Morgan fingerprint density at radius 1 is 1.00 bits per heavy atom. The zero-order valence-electron chi connectivity index (χ0n) is 11.3. The number of nitrogens with zero attached hydrogens (tertiary/aromatic N) is 1. The van der Waals surface area contributed by atoms with E-state index in [0.29, 0.717) is 19.8 Å². The highest BCUT2D eigenvalue weighted by atomic mass is 16.5. The van der Waals surface area contributed by atoms with E-state index >= 15 is 0 Å². The van der Waals surface area contributed by atoms with Gasteiger partial charge >= 0.3 is 0 Å². The maximum Gasteiger partial charge on any atom is 0.0707 e. The Morgan fingerprint density at radius 2 is 1.62 bits per heavy atom. The standard InChI is InChI=1S/C13H25NO2/c1-12(2,3)16-10-9-15-8-6-7-13(4,5)11-14/h6-10H2,1-5H3. The summed E-state index contributed by atoms with van der Waals surface area (Å²) in [4.78, 5) is 0. The number of ether oxygens (including phenoxy) is 2. The van der Waals surface area contributed by atoms with Gasteiger partial charge in [-0.1, -0.05) is 0 Å². The molecule has 0 aromatic heterocycles. The van der Waals surface area contributed by atoms with Crippen molar-refractivity contribution in [3.8, 4) is 6.07 Å². The number of hydrogen-bond donors (Lipinski definition) is 0. The lowest BCUT2D eigenvalue weighted by atomic mass is 9.90. The van der Waals surface area contributed by atoms with Crippen LogP contribution in [0.4, 0.5) is 0 Å². The van der Waals surface area contributed by atoms with E-state index in [4.69, 9.17) is 14.7 Å². The quantitative estimate of drug-likeness (QED) is 0.627. The van der Waals surface area contributed by atoms with Crippen LogP contribution in [0.25, 0.3) is 0 Å². The van der Waals surface area contributed by atoms with E-state index in [2.05, 4.69) is 6.07 Å². The van der Waals surface area contributed by atoms with Crippen LogP contribution >= 0.6 is 0 Å². The molecule has 16 heavy (non-hydrogen) atoms. The predicted octanol–water partition coefficient (Wildman–Crippen LogP) is 3.15. The van der Waals surface area contributed by atoms with Crippen molar-refractivity contribution >= 4 is 0 Å². The van der Waals surface area contributed by atoms with Gasteiger partial charge in [-0.25, -0.2) is 0 Å². The van der Waals surface area contributed by atoms with Gasteiger partial charge in [0.2, 0.25) is 0 Å². The summed E-state index contributed by atoms with van der Waals surface area (Å²) < 4.78 is 11.0. The molecule has 0 saturated heterocycles. The summed E-state index contributed by atoms with van der Waals surface area (Å²) in [5.74, 6) is 0. The average Bonchev–Trinajstić information content (AvgIpc) is 2.14. The third-order valence-electron chi connectivity index (χ3n) is 2.16. The number of nitriles is 1. The zero-order valence-corrected chi connectivity index (χ0v) is 11.3. The fraction of sp³-hybridized carbons (Fsp3) is 0.923. The van der Waals surface area contributed by atoms with E-state index < -0.39 is 0 Å².